The summed E-state index contributed by atoms with van der Waals surface area (Å²) >= 11 is 4.63. The van der Waals surface area contributed by atoms with Gasteiger partial charge in [0.2, 0.25) is 0 Å². The van der Waals surface area contributed by atoms with Gasteiger partial charge in [0.25, 0.3) is 11.6 Å². The minimum absolute atomic E-state index is 0.0420. The lowest BCUT2D eigenvalue weighted by molar-refractivity contribution is -0.384. The van der Waals surface area contributed by atoms with Crippen LogP contribution in [0.25, 0.3) is 11.4 Å². The van der Waals surface area contributed by atoms with Gasteiger partial charge >= 0.3 is 0 Å². The quantitative estimate of drug-likeness (QED) is 0.243. The van der Waals surface area contributed by atoms with Crippen molar-refractivity contribution in [1.29, 1.82) is 0 Å². The molecule has 148 valence electrons. The molecule has 29 heavy (non-hydrogen) atoms. The Hall–Kier alpha value is -3.05. The molecule has 1 N–H and O–H groups in total. The average molecular weight is 475 g/mol. The zero-order valence-corrected chi connectivity index (χ0v) is 17.6. The van der Waals surface area contributed by atoms with Gasteiger partial charge in [-0.2, -0.15) is 5.10 Å². The van der Waals surface area contributed by atoms with E-state index in [1.54, 1.807) is 12.1 Å². The van der Waals surface area contributed by atoms with E-state index in [1.165, 1.54) is 30.1 Å². The van der Waals surface area contributed by atoms with Gasteiger partial charge in [0, 0.05) is 34.8 Å². The van der Waals surface area contributed by atoms with E-state index < -0.39 is 4.92 Å². The summed E-state index contributed by atoms with van der Waals surface area (Å²) in [6.07, 6.45) is 1.35. The first-order valence-electron chi connectivity index (χ1n) is 8.28. The number of benzene rings is 2. The number of nitrogens with zero attached hydrogens (tertiary/aromatic N) is 5. The van der Waals surface area contributed by atoms with Gasteiger partial charge in [0.15, 0.2) is 11.0 Å². The fourth-order valence-corrected chi connectivity index (χ4v) is 3.32. The monoisotopic (exact) mass is 474 g/mol. The highest BCUT2D eigenvalue weighted by Gasteiger charge is 2.12. The van der Waals surface area contributed by atoms with Crippen LogP contribution in [0.1, 0.15) is 5.56 Å². The van der Waals surface area contributed by atoms with Crippen LogP contribution in [0.15, 0.2) is 63.3 Å². The number of nitro benzene ring substituents is 1. The summed E-state index contributed by atoms with van der Waals surface area (Å²) in [6, 6.07) is 13.7. The molecule has 0 aliphatic heterocycles. The highest BCUT2D eigenvalue weighted by molar-refractivity contribution is 9.10. The third kappa shape index (κ3) is 5.48. The van der Waals surface area contributed by atoms with Crippen molar-refractivity contribution in [1.82, 2.24) is 20.2 Å². The fraction of sp³-hybridized carbons (Fsp3) is 0.111. The van der Waals surface area contributed by atoms with Crippen molar-refractivity contribution >= 4 is 45.5 Å². The number of hydrogen-bond donors (Lipinski definition) is 1. The Morgan fingerprint density at radius 2 is 2.07 bits per heavy atom. The highest BCUT2D eigenvalue weighted by atomic mass is 79.9. The number of hydrazone groups is 1. The summed E-state index contributed by atoms with van der Waals surface area (Å²) in [4.78, 5) is 22.3. The molecule has 3 rings (SSSR count). The van der Waals surface area contributed by atoms with Crippen molar-refractivity contribution in [3.8, 4) is 11.4 Å². The van der Waals surface area contributed by atoms with Gasteiger partial charge in [0.05, 0.1) is 16.9 Å². The third-order valence-electron chi connectivity index (χ3n) is 3.75. The molecule has 0 fully saturated rings. The lowest BCUT2D eigenvalue weighted by atomic mass is 10.2. The van der Waals surface area contributed by atoms with Crippen LogP contribution in [-0.4, -0.2) is 37.6 Å². The molecule has 0 spiro atoms. The molecule has 0 saturated heterocycles. The Labute approximate surface area is 178 Å². The van der Waals surface area contributed by atoms with E-state index in [4.69, 9.17) is 0 Å². The molecule has 1 heterocycles. The minimum Gasteiger partial charge on any atom is -0.305 e. The number of amides is 1. The van der Waals surface area contributed by atoms with Crippen LogP contribution in [0.5, 0.6) is 0 Å². The predicted molar refractivity (Wildman–Crippen MR) is 114 cm³/mol. The number of thioether (sulfide) groups is 1. The summed E-state index contributed by atoms with van der Waals surface area (Å²) in [5, 5.41) is 23.5. The Kier molecular flexibility index (Phi) is 6.73. The molecular formula is C18H15BrN6O3S. The Bertz CT molecular complexity index is 1070. The summed E-state index contributed by atoms with van der Waals surface area (Å²) in [5.41, 5.74) is 3.78. The fourth-order valence-electron chi connectivity index (χ4n) is 2.35. The molecule has 2 aromatic carbocycles. The molecule has 0 radical (unpaired) electrons. The maximum absolute atomic E-state index is 12.0. The number of non-ortho nitro benzene ring substituents is 1. The number of nitrogens with one attached hydrogen (secondary N) is 1. The third-order valence-corrected chi connectivity index (χ3v) is 5.30. The normalized spacial score (nSPS) is 11.0. The van der Waals surface area contributed by atoms with Gasteiger partial charge in [-0.1, -0.05) is 52.0 Å². The molecular weight excluding hydrogens is 460 g/mol. The van der Waals surface area contributed by atoms with Gasteiger partial charge in [-0.3, -0.25) is 14.9 Å². The van der Waals surface area contributed by atoms with E-state index >= 15 is 0 Å². The smallest absolute Gasteiger partial charge is 0.270 e. The van der Waals surface area contributed by atoms with Crippen LogP contribution in [0.2, 0.25) is 0 Å². The molecule has 0 saturated carbocycles. The largest absolute Gasteiger partial charge is 0.305 e. The maximum Gasteiger partial charge on any atom is 0.270 e. The van der Waals surface area contributed by atoms with Gasteiger partial charge in [0.1, 0.15) is 0 Å². The first kappa shape index (κ1) is 20.7. The number of aromatic nitrogens is 3. The summed E-state index contributed by atoms with van der Waals surface area (Å²) in [5.74, 6) is 0.465. The molecule has 0 atom stereocenters. The van der Waals surface area contributed by atoms with Crippen LogP contribution in [-0.2, 0) is 11.8 Å². The van der Waals surface area contributed by atoms with Crippen LogP contribution >= 0.6 is 27.7 Å². The topological polar surface area (TPSA) is 115 Å². The summed E-state index contributed by atoms with van der Waals surface area (Å²) in [7, 11) is 1.83. The lowest BCUT2D eigenvalue weighted by Crippen LogP contribution is -2.19. The van der Waals surface area contributed by atoms with Crippen LogP contribution in [0.3, 0.4) is 0 Å². The zero-order chi connectivity index (χ0) is 20.8. The number of carbonyl (C=O) groups is 1. The van der Waals surface area contributed by atoms with Crippen molar-refractivity contribution in [2.24, 2.45) is 12.1 Å². The van der Waals surface area contributed by atoms with Crippen molar-refractivity contribution in [2.45, 2.75) is 5.16 Å². The van der Waals surface area contributed by atoms with Crippen molar-refractivity contribution < 1.29 is 9.72 Å². The molecule has 0 aliphatic rings. The zero-order valence-electron chi connectivity index (χ0n) is 15.2. The van der Waals surface area contributed by atoms with Crippen LogP contribution in [0, 0.1) is 10.1 Å². The Balaban J connectivity index is 1.55. The van der Waals surface area contributed by atoms with Crippen molar-refractivity contribution in [2.75, 3.05) is 5.75 Å². The van der Waals surface area contributed by atoms with E-state index in [2.05, 4.69) is 36.7 Å². The first-order valence-corrected chi connectivity index (χ1v) is 10.1. The second-order valence-electron chi connectivity index (χ2n) is 5.81. The maximum atomic E-state index is 12.0. The first-order chi connectivity index (χ1) is 13.9. The minimum atomic E-state index is -0.490. The number of halogens is 1. The van der Waals surface area contributed by atoms with Crippen molar-refractivity contribution in [3.05, 3.63) is 68.7 Å². The average Bonchev–Trinajstić information content (AvgIpc) is 3.07. The molecule has 0 unspecified atom stereocenters. The molecule has 3 aromatic rings. The molecule has 0 bridgehead atoms. The van der Waals surface area contributed by atoms with Gasteiger partial charge in [-0.05, 0) is 12.1 Å². The van der Waals surface area contributed by atoms with Crippen LogP contribution < -0.4 is 5.43 Å². The number of rotatable bonds is 7. The number of nitro groups is 1. The molecule has 9 nitrogen and oxygen atoms in total. The van der Waals surface area contributed by atoms with E-state index in [-0.39, 0.29) is 17.3 Å². The molecule has 1 aromatic heterocycles. The van der Waals surface area contributed by atoms with E-state index in [9.17, 15) is 14.9 Å². The van der Waals surface area contributed by atoms with Gasteiger partial charge in [-0.25, -0.2) is 5.43 Å². The lowest BCUT2D eigenvalue weighted by Gasteiger charge is -2.04. The SMILES string of the molecule is Cn1c(SCC(=O)N/N=C/c2cccc([N+](=O)[O-])c2)nnc1-c1ccc(Br)cc1. The van der Waals surface area contributed by atoms with E-state index in [0.29, 0.717) is 16.5 Å². The Morgan fingerprint density at radius 1 is 1.31 bits per heavy atom. The van der Waals surface area contributed by atoms with Crippen LogP contribution in [0.4, 0.5) is 5.69 Å². The highest BCUT2D eigenvalue weighted by Crippen LogP contribution is 2.23. The number of hydrogen-bond acceptors (Lipinski definition) is 7. The van der Waals surface area contributed by atoms with Gasteiger partial charge < -0.3 is 4.57 Å². The van der Waals surface area contributed by atoms with Gasteiger partial charge in [-0.15, -0.1) is 10.2 Å². The molecule has 1 amide bonds. The number of carbonyl (C=O) groups excluding carboxylic acids is 1. The second-order valence-corrected chi connectivity index (χ2v) is 7.66. The van der Waals surface area contributed by atoms with E-state index in [1.807, 2.05) is 35.9 Å². The summed E-state index contributed by atoms with van der Waals surface area (Å²) in [6.45, 7) is 0. The predicted octanol–water partition coefficient (Wildman–Crippen LogP) is 3.40. The van der Waals surface area contributed by atoms with Crippen molar-refractivity contribution in [3.63, 3.8) is 0 Å². The molecule has 0 aliphatic carbocycles. The second kappa shape index (κ2) is 9.43. The summed E-state index contributed by atoms with van der Waals surface area (Å²) < 4.78 is 2.79. The standard InChI is InChI=1S/C18H15BrN6O3S/c1-24-17(13-5-7-14(19)8-6-13)22-23-18(24)29-11-16(26)21-20-10-12-3-2-4-15(9-12)25(27)28/h2-10H,11H2,1H3,(H,21,26)/b20-10+. The van der Waals surface area contributed by atoms with E-state index in [0.717, 1.165) is 10.0 Å². The molecule has 11 heteroatoms. The Morgan fingerprint density at radius 3 is 2.79 bits per heavy atom.